The summed E-state index contributed by atoms with van der Waals surface area (Å²) in [4.78, 5) is 13.8. The summed E-state index contributed by atoms with van der Waals surface area (Å²) in [5.41, 5.74) is 14.5. The first-order chi connectivity index (χ1) is 7.18. The van der Waals surface area contributed by atoms with Crippen LogP contribution in [0, 0.1) is 0 Å². The first-order valence-electron chi connectivity index (χ1n) is 4.74. The number of hydrogen-bond acceptors (Lipinski definition) is 2. The lowest BCUT2D eigenvalue weighted by molar-refractivity contribution is -0.119. The topological polar surface area (TPSA) is 82.7 Å². The van der Waals surface area contributed by atoms with Crippen LogP contribution in [0.5, 0.6) is 0 Å². The van der Waals surface area contributed by atoms with Gasteiger partial charge in [-0.15, -0.1) is 0 Å². The average molecular weight is 202 g/mol. The Morgan fingerprint density at radius 3 is 2.93 bits per heavy atom. The molecule has 15 heavy (non-hydrogen) atoms. The Hall–Kier alpha value is -1.81. The van der Waals surface area contributed by atoms with Crippen LogP contribution in [-0.4, -0.2) is 16.9 Å². The van der Waals surface area contributed by atoms with Crippen molar-refractivity contribution in [2.45, 2.75) is 12.5 Å². The molecular formula is C11H12N3O. The van der Waals surface area contributed by atoms with E-state index in [0.717, 1.165) is 16.5 Å². The molecule has 0 saturated carbocycles. The van der Waals surface area contributed by atoms with E-state index in [9.17, 15) is 4.79 Å². The van der Waals surface area contributed by atoms with Gasteiger partial charge in [-0.1, -0.05) is 18.2 Å². The molecule has 4 heteroatoms. The Labute approximate surface area is 87.3 Å². The maximum Gasteiger partial charge on any atom is 0.255 e. The number of para-hydroxylation sites is 1. The number of aromatic amines is 1. The van der Waals surface area contributed by atoms with Gasteiger partial charge in [0, 0.05) is 17.1 Å². The zero-order chi connectivity index (χ0) is 10.8. The van der Waals surface area contributed by atoms with Crippen molar-refractivity contribution in [3.05, 3.63) is 36.0 Å². The third-order valence-corrected chi connectivity index (χ3v) is 2.45. The van der Waals surface area contributed by atoms with Crippen LogP contribution in [0.2, 0.25) is 0 Å². The van der Waals surface area contributed by atoms with E-state index in [0.29, 0.717) is 6.42 Å². The number of nitrogens with one attached hydrogen (secondary N) is 2. The molecule has 4 nitrogen and oxygen atoms in total. The predicted octanol–water partition coefficient (Wildman–Crippen LogP) is 0.847. The number of hydrogen-bond donors (Lipinski definition) is 2. The van der Waals surface area contributed by atoms with E-state index in [1.54, 1.807) is 0 Å². The smallest absolute Gasteiger partial charge is 0.255 e. The number of carbonyl (C=O) groups excluding carboxylic acids is 1. The van der Waals surface area contributed by atoms with Gasteiger partial charge in [-0.3, -0.25) is 10.5 Å². The zero-order valence-electron chi connectivity index (χ0n) is 8.16. The Morgan fingerprint density at radius 2 is 2.20 bits per heavy atom. The minimum Gasteiger partial charge on any atom is -0.361 e. The van der Waals surface area contributed by atoms with E-state index in [1.165, 1.54) is 0 Å². The predicted molar refractivity (Wildman–Crippen MR) is 58.1 cm³/mol. The van der Waals surface area contributed by atoms with Crippen LogP contribution in [0.15, 0.2) is 30.5 Å². The molecule has 1 heterocycles. The van der Waals surface area contributed by atoms with Gasteiger partial charge in [-0.05, 0) is 18.1 Å². The van der Waals surface area contributed by atoms with Crippen molar-refractivity contribution in [3.8, 4) is 0 Å². The molecule has 0 aliphatic carbocycles. The van der Waals surface area contributed by atoms with Crippen LogP contribution in [-0.2, 0) is 11.2 Å². The van der Waals surface area contributed by atoms with Gasteiger partial charge in [-0.2, -0.15) is 0 Å². The molecule has 2 rings (SSSR count). The van der Waals surface area contributed by atoms with E-state index >= 15 is 0 Å². The minimum absolute atomic E-state index is 0.409. The summed E-state index contributed by atoms with van der Waals surface area (Å²) < 4.78 is 0. The first kappa shape index (κ1) is 9.73. The molecule has 0 aliphatic heterocycles. The highest BCUT2D eigenvalue weighted by atomic mass is 16.1. The SMILES string of the molecule is [NH]C(=O)C(N)Cc1c[nH]c2ccccc12. The maximum absolute atomic E-state index is 10.7. The summed E-state index contributed by atoms with van der Waals surface area (Å²) in [6, 6.07) is 7.09. The van der Waals surface area contributed by atoms with Crippen LogP contribution in [0.4, 0.5) is 0 Å². The Balaban J connectivity index is 2.32. The van der Waals surface area contributed by atoms with Gasteiger partial charge in [0.1, 0.15) is 0 Å². The molecular weight excluding hydrogens is 190 g/mol. The number of aromatic nitrogens is 1. The molecule has 1 unspecified atom stereocenters. The highest BCUT2D eigenvalue weighted by Gasteiger charge is 2.13. The van der Waals surface area contributed by atoms with Crippen molar-refractivity contribution in [2.75, 3.05) is 0 Å². The number of fused-ring (bicyclic) bond motifs is 1. The normalized spacial score (nSPS) is 12.9. The average Bonchev–Trinajstić information content (AvgIpc) is 2.62. The number of benzene rings is 1. The highest BCUT2D eigenvalue weighted by Crippen LogP contribution is 2.18. The van der Waals surface area contributed by atoms with Crippen LogP contribution in [0.25, 0.3) is 10.9 Å². The van der Waals surface area contributed by atoms with Crippen molar-refractivity contribution in [2.24, 2.45) is 5.73 Å². The molecule has 1 radical (unpaired) electrons. The fourth-order valence-electron chi connectivity index (χ4n) is 1.63. The molecule has 0 spiro atoms. The third-order valence-electron chi connectivity index (χ3n) is 2.45. The molecule has 1 atom stereocenters. The van der Waals surface area contributed by atoms with E-state index in [4.69, 9.17) is 11.5 Å². The summed E-state index contributed by atoms with van der Waals surface area (Å²) in [5, 5.41) is 1.06. The fourth-order valence-corrected chi connectivity index (χ4v) is 1.63. The summed E-state index contributed by atoms with van der Waals surface area (Å²) >= 11 is 0. The molecule has 0 saturated heterocycles. The quantitative estimate of drug-likeness (QED) is 0.773. The maximum atomic E-state index is 10.7. The lowest BCUT2D eigenvalue weighted by atomic mass is 10.1. The summed E-state index contributed by atoms with van der Waals surface area (Å²) in [6.07, 6.45) is 2.25. The standard InChI is InChI=1S/C11H12N3O/c12-9(11(13)15)5-7-6-14-10-4-2-1-3-8(7)10/h1-4,6,9,13-14H,5,12H2. The summed E-state index contributed by atoms with van der Waals surface area (Å²) in [6.45, 7) is 0. The van der Waals surface area contributed by atoms with Crippen molar-refractivity contribution in [3.63, 3.8) is 0 Å². The van der Waals surface area contributed by atoms with Crippen LogP contribution >= 0.6 is 0 Å². The minimum atomic E-state index is -0.732. The van der Waals surface area contributed by atoms with Crippen LogP contribution in [0.1, 0.15) is 5.56 Å². The van der Waals surface area contributed by atoms with Crippen molar-refractivity contribution >= 4 is 16.8 Å². The number of H-pyrrole nitrogens is 1. The summed E-state index contributed by atoms with van der Waals surface area (Å²) in [5.74, 6) is -0.722. The lowest BCUT2D eigenvalue weighted by Crippen LogP contribution is -2.33. The monoisotopic (exact) mass is 202 g/mol. The molecule has 4 N–H and O–H groups in total. The molecule has 1 aromatic heterocycles. The Bertz CT molecular complexity index is 489. The van der Waals surface area contributed by atoms with Crippen molar-refractivity contribution in [1.82, 2.24) is 10.7 Å². The molecule has 1 amide bonds. The molecule has 1 aromatic carbocycles. The second-order valence-electron chi connectivity index (χ2n) is 3.53. The third kappa shape index (κ3) is 1.85. The van der Waals surface area contributed by atoms with Crippen molar-refractivity contribution < 1.29 is 4.79 Å². The number of rotatable bonds is 3. The van der Waals surface area contributed by atoms with Gasteiger partial charge in [0.2, 0.25) is 0 Å². The Kier molecular flexibility index (Phi) is 2.43. The molecule has 0 bridgehead atoms. The Morgan fingerprint density at radius 1 is 1.47 bits per heavy atom. The van der Waals surface area contributed by atoms with E-state index < -0.39 is 11.9 Å². The molecule has 0 fully saturated rings. The van der Waals surface area contributed by atoms with Gasteiger partial charge < -0.3 is 10.7 Å². The number of nitrogens with two attached hydrogens (primary N) is 1. The van der Waals surface area contributed by atoms with Crippen LogP contribution < -0.4 is 11.5 Å². The highest BCUT2D eigenvalue weighted by molar-refractivity contribution is 5.85. The molecule has 0 aliphatic rings. The van der Waals surface area contributed by atoms with Crippen LogP contribution in [0.3, 0.4) is 0 Å². The second kappa shape index (κ2) is 3.74. The van der Waals surface area contributed by atoms with Gasteiger partial charge in [0.05, 0.1) is 6.04 Å². The molecule has 2 aromatic rings. The fraction of sp³-hybridized carbons (Fsp3) is 0.182. The largest absolute Gasteiger partial charge is 0.361 e. The molecule has 77 valence electrons. The van der Waals surface area contributed by atoms with E-state index in [2.05, 4.69) is 4.98 Å². The lowest BCUT2D eigenvalue weighted by Gasteiger charge is -2.04. The van der Waals surface area contributed by atoms with Gasteiger partial charge >= 0.3 is 0 Å². The van der Waals surface area contributed by atoms with E-state index in [-0.39, 0.29) is 0 Å². The summed E-state index contributed by atoms with van der Waals surface area (Å²) in [7, 11) is 0. The zero-order valence-corrected chi connectivity index (χ0v) is 8.16. The van der Waals surface area contributed by atoms with E-state index in [1.807, 2.05) is 30.5 Å². The van der Waals surface area contributed by atoms with Gasteiger partial charge in [-0.25, -0.2) is 0 Å². The second-order valence-corrected chi connectivity index (χ2v) is 3.53. The van der Waals surface area contributed by atoms with Gasteiger partial charge in [0.25, 0.3) is 5.91 Å². The number of amides is 1. The van der Waals surface area contributed by atoms with Gasteiger partial charge in [0.15, 0.2) is 0 Å². The number of carbonyl (C=O) groups is 1. The first-order valence-corrected chi connectivity index (χ1v) is 4.74. The van der Waals surface area contributed by atoms with Crippen molar-refractivity contribution in [1.29, 1.82) is 0 Å².